The maximum Gasteiger partial charge on any atom is 0.214 e. The first-order chi connectivity index (χ1) is 10.3. The molecular formula is C17H18N2O2. The van der Waals surface area contributed by atoms with Gasteiger partial charge in [0.05, 0.1) is 5.69 Å². The van der Waals surface area contributed by atoms with E-state index in [0.29, 0.717) is 17.5 Å². The normalized spacial score (nSPS) is 18.6. The fourth-order valence-electron chi connectivity index (χ4n) is 2.40. The van der Waals surface area contributed by atoms with Gasteiger partial charge in [-0.2, -0.15) is 0 Å². The summed E-state index contributed by atoms with van der Waals surface area (Å²) in [5.74, 6) is 0.616. The van der Waals surface area contributed by atoms with Crippen molar-refractivity contribution in [3.05, 3.63) is 48.0 Å². The Labute approximate surface area is 124 Å². The predicted octanol–water partition coefficient (Wildman–Crippen LogP) is 2.69. The number of nitrogens with one attached hydrogen (secondary N) is 1. The molecule has 2 atom stereocenters. The van der Waals surface area contributed by atoms with Gasteiger partial charge in [-0.05, 0) is 32.0 Å². The van der Waals surface area contributed by atoms with Crippen LogP contribution in [-0.2, 0) is 0 Å². The summed E-state index contributed by atoms with van der Waals surface area (Å²) in [5.41, 5.74) is 2.37. The predicted molar refractivity (Wildman–Crippen MR) is 81.6 cm³/mol. The summed E-state index contributed by atoms with van der Waals surface area (Å²) in [6, 6.07) is 13.5. The molecule has 21 heavy (non-hydrogen) atoms. The Hall–Kier alpha value is -2.20. The molecule has 0 radical (unpaired) electrons. The smallest absolute Gasteiger partial charge is 0.214 e. The molecular weight excluding hydrogens is 264 g/mol. The first-order valence-corrected chi connectivity index (χ1v) is 7.19. The molecule has 1 N–H and O–H groups in total. The van der Waals surface area contributed by atoms with Crippen molar-refractivity contribution in [2.45, 2.75) is 25.5 Å². The largest absolute Gasteiger partial charge is 0.473 e. The number of nitrogens with zero attached hydrogens (tertiary/aromatic N) is 1. The van der Waals surface area contributed by atoms with Crippen molar-refractivity contribution in [2.75, 3.05) is 6.54 Å². The van der Waals surface area contributed by atoms with E-state index in [0.717, 1.165) is 30.5 Å². The van der Waals surface area contributed by atoms with Gasteiger partial charge in [-0.1, -0.05) is 24.3 Å². The monoisotopic (exact) mass is 282 g/mol. The van der Waals surface area contributed by atoms with Crippen molar-refractivity contribution >= 4 is 6.29 Å². The Morgan fingerprint density at radius 2 is 2.14 bits per heavy atom. The van der Waals surface area contributed by atoms with Crippen LogP contribution >= 0.6 is 0 Å². The molecule has 4 nitrogen and oxygen atoms in total. The molecule has 0 bridgehead atoms. The van der Waals surface area contributed by atoms with Gasteiger partial charge in [-0.25, -0.2) is 4.98 Å². The summed E-state index contributed by atoms with van der Waals surface area (Å²) in [7, 11) is 0. The fourth-order valence-corrected chi connectivity index (χ4v) is 2.40. The number of aldehydes is 1. The number of benzene rings is 1. The molecule has 1 fully saturated rings. The maximum absolute atomic E-state index is 10.9. The second-order valence-electron chi connectivity index (χ2n) is 5.28. The highest BCUT2D eigenvalue weighted by Crippen LogP contribution is 2.22. The summed E-state index contributed by atoms with van der Waals surface area (Å²) < 4.78 is 5.89. The molecule has 1 aromatic heterocycles. The van der Waals surface area contributed by atoms with Crippen LogP contribution in [0.15, 0.2) is 42.5 Å². The lowest BCUT2D eigenvalue weighted by Crippen LogP contribution is -2.51. The number of carbonyl (C=O) groups excluding carboxylic acids is 1. The van der Waals surface area contributed by atoms with Crippen molar-refractivity contribution in [1.29, 1.82) is 0 Å². The molecule has 0 spiro atoms. The van der Waals surface area contributed by atoms with Crippen molar-refractivity contribution in [1.82, 2.24) is 10.3 Å². The number of ether oxygens (including phenoxy) is 1. The number of rotatable bonds is 5. The Kier molecular flexibility index (Phi) is 3.97. The zero-order valence-corrected chi connectivity index (χ0v) is 12.0. The molecule has 0 saturated carbocycles. The minimum atomic E-state index is 0.0998. The van der Waals surface area contributed by atoms with Crippen LogP contribution in [0, 0.1) is 0 Å². The number of pyridine rings is 1. The van der Waals surface area contributed by atoms with Crippen molar-refractivity contribution in [2.24, 2.45) is 0 Å². The van der Waals surface area contributed by atoms with E-state index in [2.05, 4.69) is 17.2 Å². The third kappa shape index (κ3) is 3.11. The summed E-state index contributed by atoms with van der Waals surface area (Å²) in [4.78, 5) is 15.4. The van der Waals surface area contributed by atoms with Crippen molar-refractivity contribution < 1.29 is 9.53 Å². The Morgan fingerprint density at radius 1 is 1.33 bits per heavy atom. The highest BCUT2D eigenvalue weighted by atomic mass is 16.5. The second kappa shape index (κ2) is 6.06. The van der Waals surface area contributed by atoms with Gasteiger partial charge in [0.15, 0.2) is 0 Å². The van der Waals surface area contributed by atoms with E-state index >= 15 is 0 Å². The van der Waals surface area contributed by atoms with E-state index in [4.69, 9.17) is 4.74 Å². The van der Waals surface area contributed by atoms with Gasteiger partial charge in [0, 0.05) is 23.2 Å². The van der Waals surface area contributed by atoms with E-state index in [9.17, 15) is 4.79 Å². The van der Waals surface area contributed by atoms with Gasteiger partial charge >= 0.3 is 0 Å². The number of aromatic nitrogens is 1. The van der Waals surface area contributed by atoms with E-state index in [1.165, 1.54) is 0 Å². The zero-order valence-electron chi connectivity index (χ0n) is 12.0. The zero-order chi connectivity index (χ0) is 14.7. The van der Waals surface area contributed by atoms with Gasteiger partial charge in [0.1, 0.15) is 12.4 Å². The summed E-state index contributed by atoms with van der Waals surface area (Å²) in [5, 5.41) is 3.34. The molecule has 108 valence electrons. The molecule has 1 aliphatic heterocycles. The van der Waals surface area contributed by atoms with Crippen molar-refractivity contribution in [3.8, 4) is 17.1 Å². The third-order valence-corrected chi connectivity index (χ3v) is 3.78. The third-order valence-electron chi connectivity index (χ3n) is 3.78. The number of hydrogen-bond acceptors (Lipinski definition) is 4. The molecule has 4 heteroatoms. The Morgan fingerprint density at radius 3 is 2.86 bits per heavy atom. The summed E-state index contributed by atoms with van der Waals surface area (Å²) in [6.45, 7) is 3.11. The number of hydrogen-bond donors (Lipinski definition) is 1. The topological polar surface area (TPSA) is 51.2 Å². The minimum absolute atomic E-state index is 0.0998. The number of carbonyl (C=O) groups is 1. The Balaban J connectivity index is 1.80. The molecule has 1 saturated heterocycles. The van der Waals surface area contributed by atoms with Gasteiger partial charge in [-0.15, -0.1) is 0 Å². The van der Waals surface area contributed by atoms with E-state index in [-0.39, 0.29) is 6.10 Å². The lowest BCUT2D eigenvalue weighted by atomic mass is 10.0. The summed E-state index contributed by atoms with van der Waals surface area (Å²) in [6.07, 6.45) is 2.08. The maximum atomic E-state index is 10.9. The average molecular weight is 282 g/mol. The molecule has 0 amide bonds. The molecule has 0 aliphatic carbocycles. The van der Waals surface area contributed by atoms with Crippen LogP contribution in [0.4, 0.5) is 0 Å². The lowest BCUT2D eigenvalue weighted by molar-refractivity contribution is 0.112. The molecule has 1 aliphatic rings. The van der Waals surface area contributed by atoms with Gasteiger partial charge in [0.2, 0.25) is 5.88 Å². The van der Waals surface area contributed by atoms with E-state index in [1.807, 2.05) is 36.4 Å². The minimum Gasteiger partial charge on any atom is -0.473 e. The highest BCUT2D eigenvalue weighted by Gasteiger charge is 2.24. The quantitative estimate of drug-likeness (QED) is 0.857. The Bertz CT molecular complexity index is 638. The van der Waals surface area contributed by atoms with Crippen LogP contribution in [0.3, 0.4) is 0 Å². The highest BCUT2D eigenvalue weighted by molar-refractivity contribution is 5.78. The van der Waals surface area contributed by atoms with E-state index in [1.54, 1.807) is 6.07 Å². The van der Waals surface area contributed by atoms with Crippen LogP contribution < -0.4 is 10.1 Å². The van der Waals surface area contributed by atoms with E-state index < -0.39 is 0 Å². The molecule has 1 unspecified atom stereocenters. The first kappa shape index (κ1) is 13.8. The van der Waals surface area contributed by atoms with Gasteiger partial charge in [0.25, 0.3) is 0 Å². The average Bonchev–Trinajstić information content (AvgIpc) is 2.45. The molecule has 3 rings (SSSR count). The van der Waals surface area contributed by atoms with Crippen LogP contribution in [-0.4, -0.2) is 30.0 Å². The molecule has 2 aromatic rings. The van der Waals surface area contributed by atoms with Crippen molar-refractivity contribution in [3.63, 3.8) is 0 Å². The van der Waals surface area contributed by atoms with Gasteiger partial charge in [-0.3, -0.25) is 4.79 Å². The van der Waals surface area contributed by atoms with Crippen LogP contribution in [0.25, 0.3) is 11.3 Å². The van der Waals surface area contributed by atoms with Crippen LogP contribution in [0.2, 0.25) is 0 Å². The fraction of sp³-hybridized carbons (Fsp3) is 0.294. The van der Waals surface area contributed by atoms with Crippen LogP contribution in [0.1, 0.15) is 23.7 Å². The molecule has 1 aromatic carbocycles. The standard InChI is InChI=1S/C17H18N2O2/c1-12(15-8-9-18-15)21-17-7-3-6-16(19-17)14-5-2-4-13(10-14)11-20/h2-7,10-12,15,18H,8-9H2,1H3/t12-,15?/m0/s1. The lowest BCUT2D eigenvalue weighted by Gasteiger charge is -2.32. The van der Waals surface area contributed by atoms with Crippen LogP contribution in [0.5, 0.6) is 5.88 Å². The summed E-state index contributed by atoms with van der Waals surface area (Å²) >= 11 is 0. The second-order valence-corrected chi connectivity index (χ2v) is 5.28. The first-order valence-electron chi connectivity index (χ1n) is 7.19. The van der Waals surface area contributed by atoms with Gasteiger partial charge < -0.3 is 10.1 Å². The molecule has 2 heterocycles. The SMILES string of the molecule is C[C@H](Oc1cccc(-c2cccc(C=O)c2)n1)C1CCN1.